The number of aliphatic hydroxyl groups is 1. The lowest BCUT2D eigenvalue weighted by molar-refractivity contribution is 0.268. The molecule has 1 atom stereocenters. The van der Waals surface area contributed by atoms with E-state index in [0.29, 0.717) is 5.69 Å². The molecule has 12 heavy (non-hydrogen) atoms. The topological polar surface area (TPSA) is 72.3 Å². The van der Waals surface area contributed by atoms with Crippen molar-refractivity contribution in [3.8, 4) is 0 Å². The Kier molecular flexibility index (Phi) is 2.68. The molecule has 0 heterocycles. The van der Waals surface area contributed by atoms with E-state index in [1.54, 1.807) is 0 Å². The van der Waals surface area contributed by atoms with Crippen LogP contribution in [0.4, 0.5) is 5.69 Å². The standard InChI is InChI=1S/C9H14N2O/c1-6-2-3-7(8(10)4-6)9(11)5-12/h2-4,9,12H,5,10-11H2,1H3/t9-/m1/s1. The molecule has 0 saturated carbocycles. The van der Waals surface area contributed by atoms with Crippen molar-refractivity contribution in [2.45, 2.75) is 13.0 Å². The van der Waals surface area contributed by atoms with E-state index in [9.17, 15) is 0 Å². The maximum absolute atomic E-state index is 8.80. The minimum absolute atomic E-state index is 0.0761. The summed E-state index contributed by atoms with van der Waals surface area (Å²) in [5, 5.41) is 8.80. The third-order valence-electron chi connectivity index (χ3n) is 1.84. The highest BCUT2D eigenvalue weighted by atomic mass is 16.3. The van der Waals surface area contributed by atoms with E-state index in [-0.39, 0.29) is 12.6 Å². The van der Waals surface area contributed by atoms with Gasteiger partial charge in [0.1, 0.15) is 0 Å². The summed E-state index contributed by atoms with van der Waals surface area (Å²) in [4.78, 5) is 0. The molecule has 0 bridgehead atoms. The van der Waals surface area contributed by atoms with Crippen LogP contribution in [-0.4, -0.2) is 11.7 Å². The van der Waals surface area contributed by atoms with Gasteiger partial charge in [0.05, 0.1) is 12.6 Å². The number of rotatable bonds is 2. The molecule has 0 spiro atoms. The van der Waals surface area contributed by atoms with E-state index in [4.69, 9.17) is 16.6 Å². The highest BCUT2D eigenvalue weighted by Crippen LogP contribution is 2.19. The lowest BCUT2D eigenvalue weighted by atomic mass is 10.0. The third kappa shape index (κ3) is 1.75. The Bertz CT molecular complexity index is 273. The molecule has 0 unspecified atom stereocenters. The molecule has 0 aliphatic rings. The van der Waals surface area contributed by atoms with Gasteiger partial charge in [0, 0.05) is 5.69 Å². The molecular weight excluding hydrogens is 152 g/mol. The first-order valence-electron chi connectivity index (χ1n) is 3.87. The summed E-state index contributed by atoms with van der Waals surface area (Å²) in [5.74, 6) is 0. The van der Waals surface area contributed by atoms with E-state index >= 15 is 0 Å². The Balaban J connectivity index is 3.01. The summed E-state index contributed by atoms with van der Waals surface area (Å²) in [7, 11) is 0. The second-order valence-corrected chi connectivity index (χ2v) is 2.92. The van der Waals surface area contributed by atoms with Crippen molar-refractivity contribution < 1.29 is 5.11 Å². The molecule has 0 amide bonds. The van der Waals surface area contributed by atoms with Crippen molar-refractivity contribution in [3.63, 3.8) is 0 Å². The second-order valence-electron chi connectivity index (χ2n) is 2.92. The third-order valence-corrected chi connectivity index (χ3v) is 1.84. The molecule has 0 saturated heterocycles. The SMILES string of the molecule is Cc1ccc([C@H](N)CO)c(N)c1. The van der Waals surface area contributed by atoms with Gasteiger partial charge >= 0.3 is 0 Å². The monoisotopic (exact) mass is 166 g/mol. The van der Waals surface area contributed by atoms with E-state index < -0.39 is 0 Å². The number of aliphatic hydroxyl groups excluding tert-OH is 1. The van der Waals surface area contributed by atoms with Crippen LogP contribution in [0.1, 0.15) is 17.2 Å². The summed E-state index contributed by atoms with van der Waals surface area (Å²) < 4.78 is 0. The fourth-order valence-electron chi connectivity index (χ4n) is 1.13. The second kappa shape index (κ2) is 3.56. The molecule has 0 aromatic heterocycles. The fraction of sp³-hybridized carbons (Fsp3) is 0.333. The average molecular weight is 166 g/mol. The predicted octanol–water partition coefficient (Wildman–Crippen LogP) is 0.569. The number of benzene rings is 1. The largest absolute Gasteiger partial charge is 0.398 e. The summed E-state index contributed by atoms with van der Waals surface area (Å²) >= 11 is 0. The Morgan fingerprint density at radius 1 is 1.50 bits per heavy atom. The zero-order chi connectivity index (χ0) is 9.14. The number of nitrogens with two attached hydrogens (primary N) is 2. The Morgan fingerprint density at radius 3 is 2.67 bits per heavy atom. The first-order chi connectivity index (χ1) is 5.65. The molecular formula is C9H14N2O. The van der Waals surface area contributed by atoms with Crippen molar-refractivity contribution in [1.29, 1.82) is 0 Å². The molecule has 0 radical (unpaired) electrons. The van der Waals surface area contributed by atoms with Gasteiger partial charge in [-0.25, -0.2) is 0 Å². The number of hydrogen-bond acceptors (Lipinski definition) is 3. The minimum atomic E-state index is -0.370. The quantitative estimate of drug-likeness (QED) is 0.562. The first-order valence-corrected chi connectivity index (χ1v) is 3.87. The molecule has 5 N–H and O–H groups in total. The van der Waals surface area contributed by atoms with Crippen molar-refractivity contribution in [1.82, 2.24) is 0 Å². The molecule has 66 valence electrons. The van der Waals surface area contributed by atoms with Crippen LogP contribution in [0.25, 0.3) is 0 Å². The Labute approximate surface area is 72.0 Å². The van der Waals surface area contributed by atoms with Gasteiger partial charge in [-0.05, 0) is 24.1 Å². The van der Waals surface area contributed by atoms with Gasteiger partial charge in [0.15, 0.2) is 0 Å². The van der Waals surface area contributed by atoms with Crippen LogP contribution in [0.15, 0.2) is 18.2 Å². The van der Waals surface area contributed by atoms with Gasteiger partial charge in [-0.15, -0.1) is 0 Å². The van der Waals surface area contributed by atoms with Gasteiger partial charge in [0.2, 0.25) is 0 Å². The van der Waals surface area contributed by atoms with Crippen LogP contribution in [0, 0.1) is 6.92 Å². The number of hydrogen-bond donors (Lipinski definition) is 3. The highest BCUT2D eigenvalue weighted by Gasteiger charge is 2.07. The molecule has 0 aliphatic heterocycles. The van der Waals surface area contributed by atoms with Crippen molar-refractivity contribution in [2.75, 3.05) is 12.3 Å². The summed E-state index contributed by atoms with van der Waals surface area (Å²) in [5.41, 5.74) is 13.9. The van der Waals surface area contributed by atoms with Crippen LogP contribution >= 0.6 is 0 Å². The van der Waals surface area contributed by atoms with Crippen molar-refractivity contribution in [2.24, 2.45) is 5.73 Å². The molecule has 1 rings (SSSR count). The Hall–Kier alpha value is -1.06. The zero-order valence-electron chi connectivity index (χ0n) is 7.12. The van der Waals surface area contributed by atoms with Gasteiger partial charge in [-0.1, -0.05) is 12.1 Å². The molecule has 1 aromatic carbocycles. The normalized spacial score (nSPS) is 12.9. The maximum Gasteiger partial charge on any atom is 0.0625 e. The minimum Gasteiger partial charge on any atom is -0.398 e. The Morgan fingerprint density at radius 2 is 2.17 bits per heavy atom. The lowest BCUT2D eigenvalue weighted by Gasteiger charge is -2.11. The van der Waals surface area contributed by atoms with Crippen LogP contribution in [0.5, 0.6) is 0 Å². The van der Waals surface area contributed by atoms with E-state index in [1.165, 1.54) is 0 Å². The molecule has 1 aromatic rings. The summed E-state index contributed by atoms with van der Waals surface area (Å²) in [6.45, 7) is 1.89. The number of aryl methyl sites for hydroxylation is 1. The van der Waals surface area contributed by atoms with Crippen LogP contribution in [0.2, 0.25) is 0 Å². The van der Waals surface area contributed by atoms with Gasteiger partial charge in [0.25, 0.3) is 0 Å². The van der Waals surface area contributed by atoms with E-state index in [0.717, 1.165) is 11.1 Å². The van der Waals surface area contributed by atoms with Crippen molar-refractivity contribution in [3.05, 3.63) is 29.3 Å². The molecule has 0 fully saturated rings. The molecule has 0 aliphatic carbocycles. The van der Waals surface area contributed by atoms with Crippen LogP contribution in [0.3, 0.4) is 0 Å². The summed E-state index contributed by atoms with van der Waals surface area (Å²) in [6.07, 6.45) is 0. The number of nitrogen functional groups attached to an aromatic ring is 1. The lowest BCUT2D eigenvalue weighted by Crippen LogP contribution is -2.16. The predicted molar refractivity (Wildman–Crippen MR) is 49.6 cm³/mol. The fourth-order valence-corrected chi connectivity index (χ4v) is 1.13. The smallest absolute Gasteiger partial charge is 0.0625 e. The highest BCUT2D eigenvalue weighted by molar-refractivity contribution is 5.50. The summed E-state index contributed by atoms with van der Waals surface area (Å²) in [6, 6.07) is 5.27. The number of anilines is 1. The maximum atomic E-state index is 8.80. The first kappa shape index (κ1) is 9.03. The van der Waals surface area contributed by atoms with Crippen LogP contribution in [-0.2, 0) is 0 Å². The van der Waals surface area contributed by atoms with E-state index in [2.05, 4.69) is 0 Å². The van der Waals surface area contributed by atoms with Gasteiger partial charge < -0.3 is 16.6 Å². The van der Waals surface area contributed by atoms with E-state index in [1.807, 2.05) is 25.1 Å². The van der Waals surface area contributed by atoms with Gasteiger partial charge in [-0.3, -0.25) is 0 Å². The van der Waals surface area contributed by atoms with Gasteiger partial charge in [-0.2, -0.15) is 0 Å². The van der Waals surface area contributed by atoms with Crippen LogP contribution < -0.4 is 11.5 Å². The average Bonchev–Trinajstić information content (AvgIpc) is 2.03. The molecule has 3 heteroatoms. The molecule has 3 nitrogen and oxygen atoms in total. The zero-order valence-corrected chi connectivity index (χ0v) is 7.12. The van der Waals surface area contributed by atoms with Crippen molar-refractivity contribution >= 4 is 5.69 Å².